The molecule has 2 aromatic carbocycles. The van der Waals surface area contributed by atoms with E-state index in [2.05, 4.69) is 20.8 Å². The Morgan fingerprint density at radius 1 is 1.10 bits per heavy atom. The minimum Gasteiger partial charge on any atom is -0.493 e. The van der Waals surface area contributed by atoms with Gasteiger partial charge >= 0.3 is 0 Å². The molecule has 1 fully saturated rings. The number of halogens is 1. The normalized spacial score (nSPS) is 17.7. The van der Waals surface area contributed by atoms with Crippen molar-refractivity contribution in [2.45, 2.75) is 31.4 Å². The molecule has 41 heavy (non-hydrogen) atoms. The summed E-state index contributed by atoms with van der Waals surface area (Å²) in [5, 5.41) is 5.33. The molecule has 2 amide bonds. The lowest BCUT2D eigenvalue weighted by atomic mass is 9.87. The van der Waals surface area contributed by atoms with E-state index < -0.39 is 0 Å². The first-order valence-corrected chi connectivity index (χ1v) is 14.9. The summed E-state index contributed by atoms with van der Waals surface area (Å²) < 4.78 is 18.3. The number of rotatable bonds is 6. The Labute approximate surface area is 249 Å². The van der Waals surface area contributed by atoms with Crippen LogP contribution in [0.3, 0.4) is 0 Å². The Bertz CT molecular complexity index is 1450. The third kappa shape index (κ3) is 5.78. The molecule has 9 nitrogen and oxygen atoms in total. The summed E-state index contributed by atoms with van der Waals surface area (Å²) in [7, 11) is 3.20. The molecule has 1 aromatic heterocycles. The van der Waals surface area contributed by atoms with Crippen molar-refractivity contribution in [3.63, 3.8) is 0 Å². The van der Waals surface area contributed by atoms with Crippen molar-refractivity contribution in [3.8, 4) is 17.2 Å². The highest BCUT2D eigenvalue weighted by molar-refractivity contribution is 8.00. The summed E-state index contributed by atoms with van der Waals surface area (Å²) >= 11 is 8.23. The van der Waals surface area contributed by atoms with Crippen LogP contribution in [0.25, 0.3) is 5.69 Å². The molecular weight excluding hydrogens is 564 g/mol. The van der Waals surface area contributed by atoms with Gasteiger partial charge in [-0.3, -0.25) is 14.5 Å². The molecule has 0 spiro atoms. The number of anilines is 1. The molecule has 3 heterocycles. The first-order valence-electron chi connectivity index (χ1n) is 13.5. The second-order valence-electron chi connectivity index (χ2n) is 11.0. The fourth-order valence-electron chi connectivity index (χ4n) is 5.19. The van der Waals surface area contributed by atoms with Crippen LogP contribution in [0.4, 0.5) is 5.82 Å². The average molecular weight is 599 g/mol. The lowest BCUT2D eigenvalue weighted by Crippen LogP contribution is -2.48. The van der Waals surface area contributed by atoms with Gasteiger partial charge in [0.1, 0.15) is 12.4 Å². The quantitative estimate of drug-likeness (QED) is 0.400. The fraction of sp³-hybridized carbons (Fsp3) is 0.433. The summed E-state index contributed by atoms with van der Waals surface area (Å²) in [5.41, 5.74) is 2.87. The van der Waals surface area contributed by atoms with E-state index >= 15 is 0 Å². The third-order valence-electron chi connectivity index (χ3n) is 7.25. The number of carbonyl (C=O) groups is 2. The number of amides is 2. The molecule has 0 saturated carbocycles. The Morgan fingerprint density at radius 3 is 2.46 bits per heavy atom. The molecule has 5 rings (SSSR count). The van der Waals surface area contributed by atoms with Crippen LogP contribution in [0.1, 0.15) is 42.8 Å². The maximum absolute atomic E-state index is 13.9. The van der Waals surface area contributed by atoms with Gasteiger partial charge in [0.05, 0.1) is 54.8 Å². The number of hydrogen-bond acceptors (Lipinski definition) is 7. The molecule has 1 saturated heterocycles. The molecule has 3 aromatic rings. The fourth-order valence-corrected chi connectivity index (χ4v) is 6.60. The van der Waals surface area contributed by atoms with E-state index in [1.165, 1.54) is 11.8 Å². The summed E-state index contributed by atoms with van der Waals surface area (Å²) in [5.74, 6) is 1.64. The number of aromatic nitrogens is 2. The number of benzene rings is 2. The predicted molar refractivity (Wildman–Crippen MR) is 161 cm³/mol. The summed E-state index contributed by atoms with van der Waals surface area (Å²) in [4.78, 5) is 30.8. The second kappa shape index (κ2) is 12.0. The molecule has 0 N–H and O–H groups in total. The van der Waals surface area contributed by atoms with Crippen molar-refractivity contribution >= 4 is 41.0 Å². The molecule has 2 aliphatic rings. The molecule has 0 aliphatic carbocycles. The average Bonchev–Trinajstić information content (AvgIpc) is 3.30. The highest BCUT2D eigenvalue weighted by Gasteiger charge is 2.40. The molecular formula is C30H35ClN4O5S. The summed E-state index contributed by atoms with van der Waals surface area (Å²) in [6, 6.07) is 13.2. The van der Waals surface area contributed by atoms with Crippen LogP contribution in [0, 0.1) is 0 Å². The van der Waals surface area contributed by atoms with Gasteiger partial charge in [-0.05, 0) is 29.8 Å². The number of thioether (sulfide) groups is 1. The number of methoxy groups -OCH3 is 2. The predicted octanol–water partition coefficient (Wildman–Crippen LogP) is 4.87. The van der Waals surface area contributed by atoms with Gasteiger partial charge in [0.25, 0.3) is 0 Å². The van der Waals surface area contributed by atoms with Gasteiger partial charge in [0.2, 0.25) is 11.8 Å². The number of para-hydroxylation sites is 1. The largest absolute Gasteiger partial charge is 0.493 e. The van der Waals surface area contributed by atoms with Gasteiger partial charge in [0.15, 0.2) is 11.5 Å². The van der Waals surface area contributed by atoms with Gasteiger partial charge in [0, 0.05) is 24.1 Å². The van der Waals surface area contributed by atoms with E-state index in [0.29, 0.717) is 54.3 Å². The SMILES string of the molecule is COc1ccc(C2SCC(=O)N(CC(=O)N3CCOCC3)c3c2c(C(C)(C)C)nn3-c2ccccc2Cl)cc1OC. The molecule has 11 heteroatoms. The van der Waals surface area contributed by atoms with Gasteiger partial charge < -0.3 is 19.1 Å². The molecule has 1 atom stereocenters. The number of carbonyl (C=O) groups excluding carboxylic acids is 2. The van der Waals surface area contributed by atoms with Crippen molar-refractivity contribution in [2.75, 3.05) is 57.7 Å². The lowest BCUT2D eigenvalue weighted by Gasteiger charge is -2.30. The molecule has 0 radical (unpaired) electrons. The second-order valence-corrected chi connectivity index (χ2v) is 12.5. The van der Waals surface area contributed by atoms with Crippen LogP contribution >= 0.6 is 23.4 Å². The highest BCUT2D eigenvalue weighted by Crippen LogP contribution is 2.49. The maximum Gasteiger partial charge on any atom is 0.242 e. The number of ether oxygens (including phenoxy) is 3. The molecule has 2 aliphatic heterocycles. The molecule has 218 valence electrons. The molecule has 0 bridgehead atoms. The number of fused-ring (bicyclic) bond motifs is 1. The number of nitrogens with zero attached hydrogens (tertiary/aromatic N) is 4. The lowest BCUT2D eigenvalue weighted by molar-refractivity contribution is -0.134. The number of hydrogen-bond donors (Lipinski definition) is 0. The van der Waals surface area contributed by atoms with Crippen LogP contribution in [-0.4, -0.2) is 79.3 Å². The van der Waals surface area contributed by atoms with Crippen LogP contribution in [0.5, 0.6) is 11.5 Å². The summed E-state index contributed by atoms with van der Waals surface area (Å²) in [6.07, 6.45) is 0. The van der Waals surface area contributed by atoms with E-state index in [0.717, 1.165) is 16.8 Å². The van der Waals surface area contributed by atoms with Crippen molar-refractivity contribution in [1.82, 2.24) is 14.7 Å². The van der Waals surface area contributed by atoms with Crippen LogP contribution < -0.4 is 14.4 Å². The van der Waals surface area contributed by atoms with Gasteiger partial charge in [-0.15, -0.1) is 11.8 Å². The van der Waals surface area contributed by atoms with E-state index in [4.69, 9.17) is 30.9 Å². The van der Waals surface area contributed by atoms with E-state index in [1.807, 2.05) is 36.4 Å². The Kier molecular flexibility index (Phi) is 8.54. The number of morpholine rings is 1. The standard InChI is InChI=1S/C30H35ClN4O5S/c1-30(2,3)28-26-27(19-10-11-22(38-4)23(16-19)39-5)41-18-25(37)34(17-24(36)33-12-14-40-15-13-33)29(26)35(32-28)21-9-7-6-8-20(21)31/h6-11,16,27H,12-15,17-18H2,1-5H3. The van der Waals surface area contributed by atoms with Gasteiger partial charge in [-0.2, -0.15) is 5.10 Å². The Morgan fingerprint density at radius 2 is 1.80 bits per heavy atom. The first kappa shape index (κ1) is 29.3. The van der Waals surface area contributed by atoms with Gasteiger partial charge in [-0.25, -0.2) is 4.68 Å². The van der Waals surface area contributed by atoms with E-state index in [-0.39, 0.29) is 34.8 Å². The van der Waals surface area contributed by atoms with Crippen molar-refractivity contribution in [3.05, 3.63) is 64.3 Å². The highest BCUT2D eigenvalue weighted by atomic mass is 35.5. The van der Waals surface area contributed by atoms with Crippen LogP contribution in [-0.2, 0) is 19.7 Å². The minimum atomic E-state index is -0.390. The zero-order valence-corrected chi connectivity index (χ0v) is 25.6. The van der Waals surface area contributed by atoms with Crippen molar-refractivity contribution in [1.29, 1.82) is 0 Å². The van der Waals surface area contributed by atoms with Crippen LogP contribution in [0.2, 0.25) is 5.02 Å². The topological polar surface area (TPSA) is 86.1 Å². The van der Waals surface area contributed by atoms with E-state index in [1.54, 1.807) is 34.8 Å². The zero-order valence-electron chi connectivity index (χ0n) is 24.0. The van der Waals surface area contributed by atoms with E-state index in [9.17, 15) is 9.59 Å². The van der Waals surface area contributed by atoms with Crippen molar-refractivity contribution in [2.24, 2.45) is 0 Å². The zero-order chi connectivity index (χ0) is 29.3. The summed E-state index contributed by atoms with van der Waals surface area (Å²) in [6.45, 7) is 8.13. The van der Waals surface area contributed by atoms with Crippen LogP contribution in [0.15, 0.2) is 42.5 Å². The monoisotopic (exact) mass is 598 g/mol. The Balaban J connectivity index is 1.75. The smallest absolute Gasteiger partial charge is 0.242 e. The van der Waals surface area contributed by atoms with Crippen molar-refractivity contribution < 1.29 is 23.8 Å². The minimum absolute atomic E-state index is 0.106. The maximum atomic E-state index is 13.9. The third-order valence-corrected chi connectivity index (χ3v) is 8.82. The van der Waals surface area contributed by atoms with Gasteiger partial charge in [-0.1, -0.05) is 50.6 Å². The Hall–Kier alpha value is -3.21. The molecule has 1 unspecified atom stereocenters. The first-order chi connectivity index (χ1) is 19.6.